The second kappa shape index (κ2) is 6.92. The number of nitrogens with zero attached hydrogens (tertiary/aromatic N) is 2. The fraction of sp³-hybridized carbons (Fsp3) is 0.625. The van der Waals surface area contributed by atoms with Crippen LogP contribution < -0.4 is 5.32 Å². The Morgan fingerprint density at radius 3 is 2.84 bits per heavy atom. The summed E-state index contributed by atoms with van der Waals surface area (Å²) in [5.41, 5.74) is 2.55. The summed E-state index contributed by atoms with van der Waals surface area (Å²) >= 11 is 0. The summed E-state index contributed by atoms with van der Waals surface area (Å²) < 4.78 is 0. The maximum atomic E-state index is 3.52. The highest BCUT2D eigenvalue weighted by molar-refractivity contribution is 5.45. The van der Waals surface area contributed by atoms with Crippen molar-refractivity contribution in [2.75, 3.05) is 44.6 Å². The van der Waals surface area contributed by atoms with Crippen LogP contribution in [0.4, 0.5) is 5.69 Å². The van der Waals surface area contributed by atoms with Crippen molar-refractivity contribution < 1.29 is 0 Å². The van der Waals surface area contributed by atoms with Crippen LogP contribution in [0.3, 0.4) is 0 Å². The molecule has 3 heteroatoms. The highest BCUT2D eigenvalue weighted by Crippen LogP contribution is 2.10. The molecule has 1 fully saturated rings. The zero-order valence-electron chi connectivity index (χ0n) is 12.5. The van der Waals surface area contributed by atoms with E-state index in [2.05, 4.69) is 60.2 Å². The van der Waals surface area contributed by atoms with Crippen LogP contribution in [-0.4, -0.2) is 55.1 Å². The third-order valence-electron chi connectivity index (χ3n) is 4.03. The van der Waals surface area contributed by atoms with Crippen LogP contribution in [0, 0.1) is 6.92 Å². The van der Waals surface area contributed by atoms with E-state index in [9.17, 15) is 0 Å². The summed E-state index contributed by atoms with van der Waals surface area (Å²) in [6.45, 7) is 13.7. The van der Waals surface area contributed by atoms with E-state index in [4.69, 9.17) is 0 Å². The van der Waals surface area contributed by atoms with E-state index in [1.165, 1.54) is 37.4 Å². The normalized spacial score (nSPS) is 21.5. The van der Waals surface area contributed by atoms with E-state index >= 15 is 0 Å². The maximum absolute atomic E-state index is 3.52. The number of benzene rings is 1. The monoisotopic (exact) mass is 261 g/mol. The molecule has 1 saturated heterocycles. The predicted octanol–water partition coefficient (Wildman–Crippen LogP) is 2.43. The second-order valence-electron chi connectivity index (χ2n) is 5.57. The van der Waals surface area contributed by atoms with Crippen LogP contribution in [0.25, 0.3) is 0 Å². The second-order valence-corrected chi connectivity index (χ2v) is 5.57. The Balaban J connectivity index is 1.72. The number of likely N-dealkylation sites (N-methyl/N-ethyl adjacent to an activating group) is 1. The van der Waals surface area contributed by atoms with Crippen molar-refractivity contribution in [3.05, 3.63) is 29.8 Å². The minimum absolute atomic E-state index is 0.692. The lowest BCUT2D eigenvalue weighted by Gasteiger charge is -2.39. The van der Waals surface area contributed by atoms with Gasteiger partial charge in [-0.15, -0.1) is 0 Å². The molecule has 0 spiro atoms. The third-order valence-corrected chi connectivity index (χ3v) is 4.03. The Kier molecular flexibility index (Phi) is 5.23. The Labute approximate surface area is 117 Å². The Morgan fingerprint density at radius 1 is 1.32 bits per heavy atom. The van der Waals surface area contributed by atoms with Gasteiger partial charge in [0, 0.05) is 44.5 Å². The molecule has 0 radical (unpaired) electrons. The standard InChI is InChI=1S/C16H27N3/c1-4-19-11-10-18(13-15(19)3)9-8-17-16-7-5-6-14(2)12-16/h5-7,12,15,17H,4,8-11,13H2,1-3H3. The summed E-state index contributed by atoms with van der Waals surface area (Å²) in [5, 5.41) is 3.52. The number of piperazine rings is 1. The van der Waals surface area contributed by atoms with Crippen LogP contribution in [0.15, 0.2) is 24.3 Å². The molecule has 19 heavy (non-hydrogen) atoms. The first-order valence-electron chi connectivity index (χ1n) is 7.46. The molecule has 1 aromatic carbocycles. The lowest BCUT2D eigenvalue weighted by Crippen LogP contribution is -2.52. The number of hydrogen-bond donors (Lipinski definition) is 1. The van der Waals surface area contributed by atoms with E-state index < -0.39 is 0 Å². The van der Waals surface area contributed by atoms with Crippen molar-refractivity contribution in [3.8, 4) is 0 Å². The van der Waals surface area contributed by atoms with Gasteiger partial charge in [0.15, 0.2) is 0 Å². The van der Waals surface area contributed by atoms with Gasteiger partial charge in [0.2, 0.25) is 0 Å². The minimum Gasteiger partial charge on any atom is -0.384 e. The molecule has 106 valence electrons. The molecule has 0 aromatic heterocycles. The zero-order valence-corrected chi connectivity index (χ0v) is 12.5. The van der Waals surface area contributed by atoms with Crippen LogP contribution in [0.5, 0.6) is 0 Å². The molecular weight excluding hydrogens is 234 g/mol. The van der Waals surface area contributed by atoms with Crippen molar-refractivity contribution in [1.82, 2.24) is 9.80 Å². The Bertz CT molecular complexity index is 391. The number of aryl methyl sites for hydroxylation is 1. The maximum Gasteiger partial charge on any atom is 0.0343 e. The first-order chi connectivity index (χ1) is 9.19. The van der Waals surface area contributed by atoms with E-state index in [1.807, 2.05) is 0 Å². The Hall–Kier alpha value is -1.06. The van der Waals surface area contributed by atoms with Crippen molar-refractivity contribution in [3.63, 3.8) is 0 Å². The molecule has 1 N–H and O–H groups in total. The lowest BCUT2D eigenvalue weighted by molar-refractivity contribution is 0.0910. The molecule has 1 unspecified atom stereocenters. The molecule has 0 bridgehead atoms. The van der Waals surface area contributed by atoms with Crippen molar-refractivity contribution in [1.29, 1.82) is 0 Å². The zero-order chi connectivity index (χ0) is 13.7. The van der Waals surface area contributed by atoms with Gasteiger partial charge < -0.3 is 5.32 Å². The first kappa shape index (κ1) is 14.4. The topological polar surface area (TPSA) is 18.5 Å². The van der Waals surface area contributed by atoms with Gasteiger partial charge in [0.1, 0.15) is 0 Å². The van der Waals surface area contributed by atoms with E-state index in [1.54, 1.807) is 0 Å². The van der Waals surface area contributed by atoms with Gasteiger partial charge in [-0.25, -0.2) is 0 Å². The highest BCUT2D eigenvalue weighted by Gasteiger charge is 2.21. The van der Waals surface area contributed by atoms with Gasteiger partial charge in [-0.3, -0.25) is 9.80 Å². The van der Waals surface area contributed by atoms with Gasteiger partial charge in [-0.2, -0.15) is 0 Å². The average molecular weight is 261 g/mol. The van der Waals surface area contributed by atoms with Crippen LogP contribution >= 0.6 is 0 Å². The van der Waals surface area contributed by atoms with E-state index in [0.717, 1.165) is 13.1 Å². The fourth-order valence-electron chi connectivity index (χ4n) is 2.86. The van der Waals surface area contributed by atoms with Crippen molar-refractivity contribution in [2.24, 2.45) is 0 Å². The van der Waals surface area contributed by atoms with Crippen LogP contribution in [0.2, 0.25) is 0 Å². The van der Waals surface area contributed by atoms with Crippen LogP contribution in [-0.2, 0) is 0 Å². The molecule has 1 aliphatic heterocycles. The Morgan fingerprint density at radius 2 is 2.16 bits per heavy atom. The van der Waals surface area contributed by atoms with Crippen molar-refractivity contribution >= 4 is 5.69 Å². The van der Waals surface area contributed by atoms with Gasteiger partial charge in [0.25, 0.3) is 0 Å². The smallest absolute Gasteiger partial charge is 0.0343 e. The highest BCUT2D eigenvalue weighted by atomic mass is 15.3. The SMILES string of the molecule is CCN1CCN(CCNc2cccc(C)c2)CC1C. The van der Waals surface area contributed by atoms with E-state index in [0.29, 0.717) is 6.04 Å². The molecule has 1 heterocycles. The molecule has 1 aliphatic rings. The lowest BCUT2D eigenvalue weighted by atomic mass is 10.2. The molecular formula is C16H27N3. The predicted molar refractivity (Wildman–Crippen MR) is 82.8 cm³/mol. The van der Waals surface area contributed by atoms with E-state index in [-0.39, 0.29) is 0 Å². The average Bonchev–Trinajstić information content (AvgIpc) is 2.39. The summed E-state index contributed by atoms with van der Waals surface area (Å²) in [6.07, 6.45) is 0. The van der Waals surface area contributed by atoms with Gasteiger partial charge in [-0.05, 0) is 38.1 Å². The van der Waals surface area contributed by atoms with Gasteiger partial charge >= 0.3 is 0 Å². The first-order valence-corrected chi connectivity index (χ1v) is 7.46. The molecule has 1 atom stereocenters. The molecule has 0 aliphatic carbocycles. The summed E-state index contributed by atoms with van der Waals surface area (Å²) in [6, 6.07) is 9.29. The summed E-state index contributed by atoms with van der Waals surface area (Å²) in [4.78, 5) is 5.13. The van der Waals surface area contributed by atoms with Crippen molar-refractivity contribution in [2.45, 2.75) is 26.8 Å². The molecule has 0 amide bonds. The summed E-state index contributed by atoms with van der Waals surface area (Å²) in [5.74, 6) is 0. The molecule has 0 saturated carbocycles. The summed E-state index contributed by atoms with van der Waals surface area (Å²) in [7, 11) is 0. The number of hydrogen-bond acceptors (Lipinski definition) is 3. The van der Waals surface area contributed by atoms with Gasteiger partial charge in [0.05, 0.1) is 0 Å². The molecule has 2 rings (SSSR count). The number of nitrogens with one attached hydrogen (secondary N) is 1. The molecule has 3 nitrogen and oxygen atoms in total. The van der Waals surface area contributed by atoms with Gasteiger partial charge in [-0.1, -0.05) is 19.1 Å². The van der Waals surface area contributed by atoms with Crippen LogP contribution in [0.1, 0.15) is 19.4 Å². The minimum atomic E-state index is 0.692. The quantitative estimate of drug-likeness (QED) is 0.878. The molecule has 1 aromatic rings. The number of rotatable bonds is 5. The third kappa shape index (κ3) is 4.22. The largest absolute Gasteiger partial charge is 0.384 e. The fourth-order valence-corrected chi connectivity index (χ4v) is 2.86. The number of anilines is 1.